The Morgan fingerprint density at radius 1 is 1.31 bits per heavy atom. The maximum atomic E-state index is 12.3. The number of carbonyl (C=O) groups excluding carboxylic acids is 2. The number of imidazole rings is 1. The van der Waals surface area contributed by atoms with Crippen LogP contribution in [0.1, 0.15) is 45.8 Å². The number of hydrogen-bond acceptors (Lipinski definition) is 10. The molecule has 2 fully saturated rings. The van der Waals surface area contributed by atoms with Gasteiger partial charge in [0.25, 0.3) is 0 Å². The lowest BCUT2D eigenvalue weighted by molar-refractivity contribution is -0.158. The number of nitrogens with one attached hydrogen (secondary N) is 1. The zero-order valence-corrected chi connectivity index (χ0v) is 18.6. The molecule has 14 heteroatoms. The third kappa shape index (κ3) is 4.62. The van der Waals surface area contributed by atoms with Gasteiger partial charge >= 0.3 is 21.4 Å². The van der Waals surface area contributed by atoms with Crippen LogP contribution in [0.3, 0.4) is 0 Å². The molecule has 4 rings (SSSR count). The van der Waals surface area contributed by atoms with Crippen LogP contribution in [0, 0.1) is 0 Å². The first-order chi connectivity index (χ1) is 15.3. The van der Waals surface area contributed by atoms with E-state index in [4.69, 9.17) is 26.1 Å². The van der Waals surface area contributed by atoms with Crippen LogP contribution in [-0.4, -0.2) is 68.8 Å². The van der Waals surface area contributed by atoms with Gasteiger partial charge in [-0.15, -0.1) is 0 Å². The number of esters is 1. The Kier molecular flexibility index (Phi) is 6.73. The van der Waals surface area contributed by atoms with Crippen LogP contribution in [0.5, 0.6) is 0 Å². The lowest BCUT2D eigenvalue weighted by atomic mass is 10.1. The van der Waals surface area contributed by atoms with Gasteiger partial charge in [-0.3, -0.25) is 14.2 Å². The summed E-state index contributed by atoms with van der Waals surface area (Å²) in [5.41, 5.74) is 0.722. The minimum Gasteiger partial charge on any atom is -0.454 e. The Bertz CT molecular complexity index is 1010. The van der Waals surface area contributed by atoms with E-state index >= 15 is 0 Å². The number of nitrogens with zero attached hydrogens (tertiary/aromatic N) is 4. The second-order valence-electron chi connectivity index (χ2n) is 7.54. The molecule has 0 saturated carbocycles. The van der Waals surface area contributed by atoms with Crippen LogP contribution in [-0.2, 0) is 28.1 Å². The second kappa shape index (κ2) is 9.36. The molecule has 1 unspecified atom stereocenters. The van der Waals surface area contributed by atoms with Crippen molar-refractivity contribution in [3.8, 4) is 0 Å². The van der Waals surface area contributed by atoms with Crippen molar-refractivity contribution in [2.75, 3.05) is 11.9 Å². The first-order valence-corrected chi connectivity index (χ1v) is 12.0. The molecule has 170 valence electrons. The van der Waals surface area contributed by atoms with Gasteiger partial charge in [0, 0.05) is 12.8 Å². The fourth-order valence-corrected chi connectivity index (χ4v) is 4.70. The Morgan fingerprint density at radius 2 is 2.09 bits per heavy atom. The van der Waals surface area contributed by atoms with Crippen LogP contribution in [0.2, 0.25) is 0 Å². The molecule has 0 aromatic carbocycles. The van der Waals surface area contributed by atoms with Crippen molar-refractivity contribution in [1.29, 1.82) is 0 Å². The summed E-state index contributed by atoms with van der Waals surface area (Å²) in [6.07, 6.45) is 1.34. The van der Waals surface area contributed by atoms with Crippen molar-refractivity contribution < 1.29 is 33.0 Å². The molecule has 2 aliphatic rings. The maximum absolute atomic E-state index is 12.3. The normalized spacial score (nSPS) is 29.6. The highest BCUT2D eigenvalue weighted by atomic mass is 31.2. The highest BCUT2D eigenvalue weighted by Gasteiger charge is 2.59. The van der Waals surface area contributed by atoms with Gasteiger partial charge in [0.1, 0.15) is 19.0 Å². The molecule has 2 aromatic rings. The van der Waals surface area contributed by atoms with Crippen molar-refractivity contribution in [2.24, 2.45) is 0 Å². The Hall–Kier alpha value is -2.18. The average molecular weight is 464 g/mol. The predicted molar refractivity (Wildman–Crippen MR) is 113 cm³/mol. The molecule has 32 heavy (non-hydrogen) atoms. The molecular weight excluding hydrogens is 440 g/mol. The zero-order chi connectivity index (χ0) is 22.9. The number of carbonyl (C=O) groups is 2. The van der Waals surface area contributed by atoms with E-state index in [0.29, 0.717) is 30.4 Å². The zero-order valence-electron chi connectivity index (χ0n) is 17.7. The van der Waals surface area contributed by atoms with E-state index in [1.165, 1.54) is 12.7 Å². The summed E-state index contributed by atoms with van der Waals surface area (Å²) in [7, 11) is 2.12. The Balaban J connectivity index is 1.67. The smallest absolute Gasteiger partial charge is 0.454 e. The lowest BCUT2D eigenvalue weighted by Crippen LogP contribution is -2.42. The summed E-state index contributed by atoms with van der Waals surface area (Å²) in [6, 6.07) is 0. The standard InChI is InChI=1S/C18H24BN5O7P/c1-3-5-11(25)23-16-13-17(21-8-20-16)24(9-22-13)18-15(30-12(26)6-4-2)14-10(29-18)7-28-32(19,27)31-14/h8-10,14-15,18,27H,3-7H2,1-2H3,(H,20,21,23,25)/q+1/t10-,14+,15+,18-,32?/m1/s1. The minimum atomic E-state index is -3.55. The summed E-state index contributed by atoms with van der Waals surface area (Å²) in [4.78, 5) is 47.2. The van der Waals surface area contributed by atoms with Crippen LogP contribution in [0.4, 0.5) is 5.82 Å². The SMILES string of the molecule is [B][P+]1(O)OC[C@H]2O[C@@H](n3cnc4c(NC(=O)CCC)ncnc43)[C@@H](OC(=O)CCC)[C@H]2O1. The summed E-state index contributed by atoms with van der Waals surface area (Å²) in [6.45, 7) is 3.73. The summed E-state index contributed by atoms with van der Waals surface area (Å²) in [5, 5.41) is 2.73. The molecule has 0 aliphatic carbocycles. The topological polar surface area (TPSA) is 147 Å². The molecule has 4 heterocycles. The van der Waals surface area contributed by atoms with Crippen LogP contribution >= 0.6 is 7.82 Å². The van der Waals surface area contributed by atoms with Crippen LogP contribution in [0.15, 0.2) is 12.7 Å². The quantitative estimate of drug-likeness (QED) is 0.350. The molecule has 5 atom stereocenters. The highest BCUT2D eigenvalue weighted by molar-refractivity contribution is 7.85. The molecule has 2 aliphatic heterocycles. The highest BCUT2D eigenvalue weighted by Crippen LogP contribution is 2.59. The molecule has 2 saturated heterocycles. The number of hydrogen-bond donors (Lipinski definition) is 2. The van der Waals surface area contributed by atoms with Gasteiger partial charge in [0.05, 0.1) is 6.33 Å². The van der Waals surface area contributed by atoms with Crippen molar-refractivity contribution >= 4 is 44.2 Å². The predicted octanol–water partition coefficient (Wildman–Crippen LogP) is 1.43. The van der Waals surface area contributed by atoms with E-state index in [1.54, 1.807) is 4.57 Å². The van der Waals surface area contributed by atoms with Crippen molar-refractivity contribution in [3.05, 3.63) is 12.7 Å². The number of fused-ring (bicyclic) bond motifs is 2. The van der Waals surface area contributed by atoms with Crippen molar-refractivity contribution in [2.45, 2.75) is 64.1 Å². The molecule has 2 aromatic heterocycles. The van der Waals surface area contributed by atoms with Gasteiger partial charge in [0.15, 0.2) is 35.4 Å². The second-order valence-corrected chi connectivity index (χ2v) is 9.14. The summed E-state index contributed by atoms with van der Waals surface area (Å²) < 4.78 is 24.0. The number of ether oxygens (including phenoxy) is 2. The molecule has 2 radical (unpaired) electrons. The van der Waals surface area contributed by atoms with Gasteiger partial charge in [-0.1, -0.05) is 13.8 Å². The molecule has 1 amide bonds. The summed E-state index contributed by atoms with van der Waals surface area (Å²) in [5.74, 6) is -0.357. The molecule has 2 N–H and O–H groups in total. The van der Waals surface area contributed by atoms with E-state index < -0.39 is 38.3 Å². The third-order valence-electron chi connectivity index (χ3n) is 5.07. The van der Waals surface area contributed by atoms with Gasteiger partial charge in [-0.05, 0) is 12.8 Å². The molecule has 12 nitrogen and oxygen atoms in total. The first-order valence-electron chi connectivity index (χ1n) is 10.4. The minimum absolute atomic E-state index is 0.0241. The van der Waals surface area contributed by atoms with Crippen molar-refractivity contribution in [3.63, 3.8) is 0 Å². The van der Waals surface area contributed by atoms with E-state index in [0.717, 1.165) is 0 Å². The summed E-state index contributed by atoms with van der Waals surface area (Å²) >= 11 is 0. The first kappa shape index (κ1) is 23.0. The van der Waals surface area contributed by atoms with Crippen molar-refractivity contribution in [1.82, 2.24) is 19.5 Å². The number of aromatic nitrogens is 4. The number of rotatable bonds is 7. The molecule has 0 spiro atoms. The van der Waals surface area contributed by atoms with E-state index in [2.05, 4.69) is 20.3 Å². The van der Waals surface area contributed by atoms with Crippen LogP contribution < -0.4 is 5.32 Å². The maximum Gasteiger partial charge on any atom is 0.488 e. The van der Waals surface area contributed by atoms with Gasteiger partial charge < -0.3 is 14.8 Å². The molecule has 0 bridgehead atoms. The fraction of sp³-hybridized carbons (Fsp3) is 0.611. The molecular formula is C18H24BN5O7P+. The van der Waals surface area contributed by atoms with E-state index in [1.807, 2.05) is 13.8 Å². The fourth-order valence-electron chi connectivity index (χ4n) is 3.67. The average Bonchev–Trinajstić information content (AvgIpc) is 3.30. The number of anilines is 1. The van der Waals surface area contributed by atoms with E-state index in [9.17, 15) is 14.5 Å². The largest absolute Gasteiger partial charge is 0.488 e. The third-order valence-corrected chi connectivity index (χ3v) is 6.14. The Labute approximate surface area is 185 Å². The number of amides is 1. The Morgan fingerprint density at radius 3 is 2.84 bits per heavy atom. The lowest BCUT2D eigenvalue weighted by Gasteiger charge is -2.29. The van der Waals surface area contributed by atoms with Gasteiger partial charge in [-0.2, -0.15) is 9.05 Å². The van der Waals surface area contributed by atoms with Gasteiger partial charge in [-0.25, -0.2) is 19.8 Å². The monoisotopic (exact) mass is 464 g/mol. The van der Waals surface area contributed by atoms with E-state index in [-0.39, 0.29) is 24.8 Å². The van der Waals surface area contributed by atoms with Gasteiger partial charge in [0.2, 0.25) is 5.91 Å². The van der Waals surface area contributed by atoms with Crippen LogP contribution in [0.25, 0.3) is 11.2 Å².